The highest BCUT2D eigenvalue weighted by Crippen LogP contribution is 2.39. The Kier molecular flexibility index (Phi) is 5.57. The van der Waals surface area contributed by atoms with Crippen molar-refractivity contribution in [3.05, 3.63) is 29.8 Å². The van der Waals surface area contributed by atoms with Gasteiger partial charge < -0.3 is 19.6 Å². The Bertz CT molecular complexity index is 856. The molecule has 162 valence electrons. The highest BCUT2D eigenvalue weighted by atomic mass is 16.5. The van der Waals surface area contributed by atoms with Crippen LogP contribution in [-0.2, 0) is 9.59 Å². The van der Waals surface area contributed by atoms with Gasteiger partial charge in [0, 0.05) is 32.5 Å². The molecule has 7 heteroatoms. The summed E-state index contributed by atoms with van der Waals surface area (Å²) in [7, 11) is 0. The van der Waals surface area contributed by atoms with E-state index in [2.05, 4.69) is 0 Å². The minimum Gasteiger partial charge on any atom is -0.486 e. The van der Waals surface area contributed by atoms with Crippen LogP contribution in [0.4, 0.5) is 0 Å². The number of ether oxygens (including phenoxy) is 1. The number of piperidine rings is 1. The van der Waals surface area contributed by atoms with Gasteiger partial charge in [-0.25, -0.2) is 0 Å². The van der Waals surface area contributed by atoms with E-state index in [1.165, 1.54) is 0 Å². The van der Waals surface area contributed by atoms with E-state index in [-0.39, 0.29) is 42.5 Å². The molecule has 1 spiro atoms. The van der Waals surface area contributed by atoms with Crippen LogP contribution in [0.1, 0.15) is 56.3 Å². The van der Waals surface area contributed by atoms with Crippen molar-refractivity contribution in [1.82, 2.24) is 9.80 Å². The van der Waals surface area contributed by atoms with Crippen molar-refractivity contribution in [3.8, 4) is 5.75 Å². The number of carbonyl (C=O) groups excluding carboxylic acids is 3. The molecule has 3 heterocycles. The highest BCUT2D eigenvalue weighted by molar-refractivity contribution is 6.00. The number of Topliss-reactive ketones (excluding diaryl/α,β-unsaturated/α-hetero) is 1. The summed E-state index contributed by atoms with van der Waals surface area (Å²) in [5.41, 5.74) is -0.0944. The zero-order chi connectivity index (χ0) is 21.5. The van der Waals surface area contributed by atoms with Crippen LogP contribution in [-0.4, -0.2) is 69.9 Å². The average molecular weight is 415 g/mol. The van der Waals surface area contributed by atoms with Crippen molar-refractivity contribution in [1.29, 1.82) is 0 Å². The molecule has 0 radical (unpaired) electrons. The van der Waals surface area contributed by atoms with Crippen molar-refractivity contribution in [2.24, 2.45) is 5.92 Å². The number of aliphatic hydroxyl groups excluding tert-OH is 1. The van der Waals surface area contributed by atoms with Crippen molar-refractivity contribution in [2.45, 2.75) is 63.7 Å². The minimum atomic E-state index is -0.692. The second-order valence-corrected chi connectivity index (χ2v) is 9.01. The van der Waals surface area contributed by atoms with Gasteiger partial charge in [0.25, 0.3) is 0 Å². The van der Waals surface area contributed by atoms with E-state index < -0.39 is 11.6 Å². The molecule has 3 aliphatic heterocycles. The fourth-order valence-electron chi connectivity index (χ4n) is 4.91. The lowest BCUT2D eigenvalue weighted by Crippen LogP contribution is -2.53. The summed E-state index contributed by atoms with van der Waals surface area (Å²) in [5.74, 6) is 0.499. The normalized spacial score (nSPS) is 30.5. The molecule has 7 nitrogen and oxygen atoms in total. The minimum absolute atomic E-state index is 0.0275. The van der Waals surface area contributed by atoms with E-state index in [4.69, 9.17) is 4.74 Å². The Balaban J connectivity index is 1.47. The summed E-state index contributed by atoms with van der Waals surface area (Å²) in [5, 5.41) is 9.93. The Hall–Kier alpha value is -2.41. The van der Waals surface area contributed by atoms with E-state index in [0.717, 1.165) is 0 Å². The molecule has 2 fully saturated rings. The molecular formula is C23H30N2O5. The number of carbonyl (C=O) groups is 3. The fraction of sp³-hybridized carbons (Fsp3) is 0.609. The zero-order valence-corrected chi connectivity index (χ0v) is 17.7. The molecule has 30 heavy (non-hydrogen) atoms. The topological polar surface area (TPSA) is 87.2 Å². The Labute approximate surface area is 177 Å². The first-order valence-electron chi connectivity index (χ1n) is 10.9. The van der Waals surface area contributed by atoms with Gasteiger partial charge in [-0.15, -0.1) is 0 Å². The van der Waals surface area contributed by atoms with Crippen LogP contribution in [0.5, 0.6) is 5.75 Å². The van der Waals surface area contributed by atoms with E-state index in [1.807, 2.05) is 19.1 Å². The van der Waals surface area contributed by atoms with Gasteiger partial charge in [-0.3, -0.25) is 14.4 Å². The molecule has 2 amide bonds. The van der Waals surface area contributed by atoms with Gasteiger partial charge in [0.15, 0.2) is 5.78 Å². The Morgan fingerprint density at radius 2 is 2.00 bits per heavy atom. The molecule has 0 aliphatic carbocycles. The number of fused-ring (bicyclic) bond motifs is 1. The third-order valence-electron chi connectivity index (χ3n) is 6.92. The van der Waals surface area contributed by atoms with Crippen LogP contribution in [0.25, 0.3) is 0 Å². The number of aliphatic hydroxyl groups is 1. The molecule has 1 aromatic carbocycles. The lowest BCUT2D eigenvalue weighted by atomic mass is 9.84. The number of nitrogens with zero attached hydrogens (tertiary/aromatic N) is 2. The summed E-state index contributed by atoms with van der Waals surface area (Å²) in [6.45, 7) is 5.11. The smallest absolute Gasteiger partial charge is 0.245 e. The number of hydrogen-bond donors (Lipinski definition) is 1. The predicted molar refractivity (Wildman–Crippen MR) is 110 cm³/mol. The SMILES string of the molecule is C[C@@H]1CN(C(=O)[C@H](C)N2CC[C@@]3(CCC2=O)CC(=O)c2ccccc2O3)CC[C@@H]1O. The maximum atomic E-state index is 13.1. The van der Waals surface area contributed by atoms with Crippen molar-refractivity contribution in [2.75, 3.05) is 19.6 Å². The van der Waals surface area contributed by atoms with Crippen LogP contribution >= 0.6 is 0 Å². The first kappa shape index (κ1) is 20.8. The van der Waals surface area contributed by atoms with Crippen LogP contribution in [0.2, 0.25) is 0 Å². The molecule has 4 rings (SSSR count). The van der Waals surface area contributed by atoms with Gasteiger partial charge in [0.1, 0.15) is 17.4 Å². The van der Waals surface area contributed by atoms with E-state index >= 15 is 0 Å². The van der Waals surface area contributed by atoms with E-state index in [0.29, 0.717) is 50.2 Å². The van der Waals surface area contributed by atoms with Crippen LogP contribution in [0.3, 0.4) is 0 Å². The second-order valence-electron chi connectivity index (χ2n) is 9.01. The third kappa shape index (κ3) is 3.83. The molecule has 1 aromatic rings. The first-order chi connectivity index (χ1) is 14.3. The molecule has 2 saturated heterocycles. The fourth-order valence-corrected chi connectivity index (χ4v) is 4.91. The quantitative estimate of drug-likeness (QED) is 0.800. The monoisotopic (exact) mass is 414 g/mol. The van der Waals surface area contributed by atoms with Gasteiger partial charge in [-0.1, -0.05) is 19.1 Å². The molecule has 3 aliphatic rings. The maximum Gasteiger partial charge on any atom is 0.245 e. The summed E-state index contributed by atoms with van der Waals surface area (Å²) >= 11 is 0. The number of rotatable bonds is 2. The predicted octanol–water partition coefficient (Wildman–Crippen LogP) is 2.02. The Morgan fingerprint density at radius 1 is 1.23 bits per heavy atom. The third-order valence-corrected chi connectivity index (χ3v) is 6.92. The van der Waals surface area contributed by atoms with Crippen LogP contribution < -0.4 is 4.74 Å². The first-order valence-corrected chi connectivity index (χ1v) is 10.9. The lowest BCUT2D eigenvalue weighted by molar-refractivity contribution is -0.147. The van der Waals surface area contributed by atoms with Crippen molar-refractivity contribution in [3.63, 3.8) is 0 Å². The molecular weight excluding hydrogens is 384 g/mol. The second kappa shape index (κ2) is 8.02. The summed E-state index contributed by atoms with van der Waals surface area (Å²) in [6.07, 6.45) is 1.68. The van der Waals surface area contributed by atoms with Gasteiger partial charge in [0.2, 0.25) is 11.8 Å². The molecule has 1 N–H and O–H groups in total. The van der Waals surface area contributed by atoms with Gasteiger partial charge in [0.05, 0.1) is 18.1 Å². The largest absolute Gasteiger partial charge is 0.486 e. The van der Waals surface area contributed by atoms with Gasteiger partial charge >= 0.3 is 0 Å². The van der Waals surface area contributed by atoms with Crippen LogP contribution in [0, 0.1) is 5.92 Å². The zero-order valence-electron chi connectivity index (χ0n) is 17.7. The number of para-hydroxylation sites is 1. The van der Waals surface area contributed by atoms with Crippen LogP contribution in [0.15, 0.2) is 24.3 Å². The Morgan fingerprint density at radius 3 is 2.77 bits per heavy atom. The number of likely N-dealkylation sites (tertiary alicyclic amines) is 2. The maximum absolute atomic E-state index is 13.1. The molecule has 0 aromatic heterocycles. The molecule has 0 unspecified atom stereocenters. The summed E-state index contributed by atoms with van der Waals surface area (Å²) in [4.78, 5) is 42.0. The lowest BCUT2D eigenvalue weighted by Gasteiger charge is -2.39. The van der Waals surface area contributed by atoms with E-state index in [1.54, 1.807) is 28.9 Å². The number of hydrogen-bond acceptors (Lipinski definition) is 5. The molecule has 0 bridgehead atoms. The molecule has 0 saturated carbocycles. The number of benzene rings is 1. The number of amides is 2. The summed E-state index contributed by atoms with van der Waals surface area (Å²) in [6, 6.07) is 6.68. The summed E-state index contributed by atoms with van der Waals surface area (Å²) < 4.78 is 6.27. The van der Waals surface area contributed by atoms with Gasteiger partial charge in [-0.05, 0) is 37.8 Å². The number of ketones is 1. The molecule has 4 atom stereocenters. The van der Waals surface area contributed by atoms with Gasteiger partial charge in [-0.2, -0.15) is 0 Å². The van der Waals surface area contributed by atoms with Crippen molar-refractivity contribution >= 4 is 17.6 Å². The average Bonchev–Trinajstić information content (AvgIpc) is 2.88. The van der Waals surface area contributed by atoms with Crippen molar-refractivity contribution < 1.29 is 24.2 Å². The standard InChI is InChI=1S/C23H30N2O5/c1-15-14-24(11-8-18(15)26)22(29)16(2)25-12-10-23(9-7-21(25)28)13-19(27)17-5-3-4-6-20(17)30-23/h3-6,15-16,18,26H,7-14H2,1-2H3/t15-,16+,18+,23+/m1/s1. The highest BCUT2D eigenvalue weighted by Gasteiger charge is 2.44. The van der Waals surface area contributed by atoms with E-state index in [9.17, 15) is 19.5 Å².